The van der Waals surface area contributed by atoms with Crippen LogP contribution < -0.4 is 5.32 Å². The van der Waals surface area contributed by atoms with Crippen LogP contribution >= 0.6 is 0 Å². The highest BCUT2D eigenvalue weighted by molar-refractivity contribution is 5.90. The van der Waals surface area contributed by atoms with Crippen molar-refractivity contribution in [3.63, 3.8) is 0 Å². The minimum absolute atomic E-state index is 0.126. The van der Waals surface area contributed by atoms with Crippen LogP contribution in [0.25, 0.3) is 5.69 Å². The van der Waals surface area contributed by atoms with Crippen molar-refractivity contribution in [3.05, 3.63) is 30.6 Å². The van der Waals surface area contributed by atoms with Crippen LogP contribution in [0.2, 0.25) is 0 Å². The van der Waals surface area contributed by atoms with Gasteiger partial charge < -0.3 is 19.9 Å². The van der Waals surface area contributed by atoms with Gasteiger partial charge >= 0.3 is 6.03 Å². The summed E-state index contributed by atoms with van der Waals surface area (Å²) in [5.74, 6) is -0.0216. The Morgan fingerprint density at radius 1 is 1.14 bits per heavy atom. The number of amides is 3. The molecular formula is C18H23N7O3. The van der Waals surface area contributed by atoms with E-state index in [1.807, 2.05) is 23.1 Å². The number of aromatic nitrogens is 4. The van der Waals surface area contributed by atoms with Gasteiger partial charge in [0, 0.05) is 31.9 Å². The van der Waals surface area contributed by atoms with E-state index in [2.05, 4.69) is 20.8 Å². The van der Waals surface area contributed by atoms with E-state index in [0.717, 1.165) is 18.5 Å². The standard InChI is InChI=1S/C18H23N7O3/c26-17(23-7-9-28-10-8-23)14-3-2-6-24(12-14)18(27)20-15-4-1-5-16(11-15)25-13-19-21-22-25/h1,4-5,11,13-14H,2-3,6-10,12H2,(H,20,27)/t14-/m0/s1. The highest BCUT2D eigenvalue weighted by Crippen LogP contribution is 2.21. The summed E-state index contributed by atoms with van der Waals surface area (Å²) >= 11 is 0. The minimum Gasteiger partial charge on any atom is -0.378 e. The SMILES string of the molecule is O=C(Nc1cccc(-n2cnnn2)c1)N1CCC[C@H](C(=O)N2CCOCC2)C1. The second kappa shape index (κ2) is 8.34. The Bertz CT molecular complexity index is 820. The molecule has 10 nitrogen and oxygen atoms in total. The fourth-order valence-electron chi connectivity index (χ4n) is 3.61. The average Bonchev–Trinajstić information content (AvgIpc) is 3.29. The molecule has 3 amide bonds. The van der Waals surface area contributed by atoms with Gasteiger partial charge in [-0.3, -0.25) is 4.79 Å². The van der Waals surface area contributed by atoms with E-state index in [-0.39, 0.29) is 17.9 Å². The lowest BCUT2D eigenvalue weighted by atomic mass is 9.96. The number of nitrogens with zero attached hydrogens (tertiary/aromatic N) is 6. The first-order valence-corrected chi connectivity index (χ1v) is 9.46. The molecule has 1 aromatic heterocycles. The minimum atomic E-state index is -0.201. The molecule has 1 aromatic carbocycles. The van der Waals surface area contributed by atoms with Crippen LogP contribution in [0.5, 0.6) is 0 Å². The van der Waals surface area contributed by atoms with Gasteiger partial charge in [0.1, 0.15) is 6.33 Å². The lowest BCUT2D eigenvalue weighted by molar-refractivity contribution is -0.141. The zero-order valence-corrected chi connectivity index (χ0v) is 15.5. The summed E-state index contributed by atoms with van der Waals surface area (Å²) in [7, 11) is 0. The maximum Gasteiger partial charge on any atom is 0.321 e. The molecule has 0 bridgehead atoms. The number of likely N-dealkylation sites (tertiary alicyclic amines) is 1. The van der Waals surface area contributed by atoms with Crippen LogP contribution in [0.4, 0.5) is 10.5 Å². The highest BCUT2D eigenvalue weighted by atomic mass is 16.5. The molecule has 3 heterocycles. The molecule has 2 fully saturated rings. The molecule has 2 aromatic rings. The van der Waals surface area contributed by atoms with Crippen molar-refractivity contribution in [2.45, 2.75) is 12.8 Å². The lowest BCUT2D eigenvalue weighted by Crippen LogP contribution is -2.50. The smallest absolute Gasteiger partial charge is 0.321 e. The number of ether oxygens (including phenoxy) is 1. The van der Waals surface area contributed by atoms with Crippen molar-refractivity contribution in [3.8, 4) is 5.69 Å². The van der Waals surface area contributed by atoms with E-state index in [9.17, 15) is 9.59 Å². The Hall–Kier alpha value is -3.01. The Kier molecular flexibility index (Phi) is 5.47. The zero-order valence-electron chi connectivity index (χ0n) is 15.5. The quantitative estimate of drug-likeness (QED) is 0.836. The number of benzene rings is 1. The first-order chi connectivity index (χ1) is 13.7. The Labute approximate surface area is 162 Å². The van der Waals surface area contributed by atoms with E-state index in [1.165, 1.54) is 11.0 Å². The number of morpholine rings is 1. The van der Waals surface area contributed by atoms with Crippen molar-refractivity contribution in [1.29, 1.82) is 0 Å². The fraction of sp³-hybridized carbons (Fsp3) is 0.500. The number of urea groups is 1. The molecule has 2 aliphatic rings. The molecule has 0 unspecified atom stereocenters. The number of piperidine rings is 1. The first kappa shape index (κ1) is 18.4. The van der Waals surface area contributed by atoms with Gasteiger partial charge in [0.2, 0.25) is 5.91 Å². The van der Waals surface area contributed by atoms with Gasteiger partial charge in [-0.2, -0.15) is 0 Å². The van der Waals surface area contributed by atoms with Crippen LogP contribution in [0.3, 0.4) is 0 Å². The van der Waals surface area contributed by atoms with E-state index in [4.69, 9.17) is 4.74 Å². The summed E-state index contributed by atoms with van der Waals surface area (Å²) in [4.78, 5) is 29.0. The number of tetrazole rings is 1. The van der Waals surface area contributed by atoms with Gasteiger partial charge in [-0.25, -0.2) is 9.48 Å². The zero-order chi connectivity index (χ0) is 19.3. The van der Waals surface area contributed by atoms with E-state index in [0.29, 0.717) is 45.1 Å². The monoisotopic (exact) mass is 385 g/mol. The lowest BCUT2D eigenvalue weighted by Gasteiger charge is -2.36. The summed E-state index contributed by atoms with van der Waals surface area (Å²) in [6.45, 7) is 3.51. The van der Waals surface area contributed by atoms with Crippen LogP contribution in [0, 0.1) is 5.92 Å². The third-order valence-corrected chi connectivity index (χ3v) is 5.09. The molecule has 10 heteroatoms. The van der Waals surface area contributed by atoms with E-state index >= 15 is 0 Å². The normalized spacial score (nSPS) is 20.1. The van der Waals surface area contributed by atoms with Crippen molar-refractivity contribution in [2.75, 3.05) is 44.7 Å². The topological polar surface area (TPSA) is 105 Å². The molecule has 2 saturated heterocycles. The van der Waals surface area contributed by atoms with E-state index < -0.39 is 0 Å². The van der Waals surface area contributed by atoms with Crippen LogP contribution in [-0.2, 0) is 9.53 Å². The Balaban J connectivity index is 1.38. The molecule has 0 aliphatic carbocycles. The van der Waals surface area contributed by atoms with Gasteiger partial charge in [0.15, 0.2) is 0 Å². The van der Waals surface area contributed by atoms with Gasteiger partial charge in [-0.1, -0.05) is 6.07 Å². The van der Waals surface area contributed by atoms with Crippen LogP contribution in [0.1, 0.15) is 12.8 Å². The van der Waals surface area contributed by atoms with Gasteiger partial charge in [0.25, 0.3) is 0 Å². The average molecular weight is 385 g/mol. The highest BCUT2D eigenvalue weighted by Gasteiger charge is 2.31. The number of carbonyl (C=O) groups is 2. The summed E-state index contributed by atoms with van der Waals surface area (Å²) in [5.41, 5.74) is 1.40. The fourth-order valence-corrected chi connectivity index (χ4v) is 3.61. The second-order valence-electron chi connectivity index (χ2n) is 6.96. The molecule has 0 radical (unpaired) electrons. The number of nitrogens with one attached hydrogen (secondary N) is 1. The summed E-state index contributed by atoms with van der Waals surface area (Å²) in [5, 5.41) is 14.0. The maximum atomic E-state index is 12.7. The number of hydrogen-bond donors (Lipinski definition) is 1. The molecule has 1 atom stereocenters. The van der Waals surface area contributed by atoms with Crippen LogP contribution in [-0.4, -0.2) is 81.3 Å². The van der Waals surface area contributed by atoms with E-state index in [1.54, 1.807) is 11.0 Å². The predicted octanol–water partition coefficient (Wildman–Crippen LogP) is 0.765. The summed E-state index contributed by atoms with van der Waals surface area (Å²) in [6.07, 6.45) is 3.13. The van der Waals surface area contributed by atoms with Crippen molar-refractivity contribution < 1.29 is 14.3 Å². The molecular weight excluding hydrogens is 362 g/mol. The van der Waals surface area contributed by atoms with Gasteiger partial charge in [-0.15, -0.1) is 5.10 Å². The third kappa shape index (κ3) is 4.11. The van der Waals surface area contributed by atoms with Crippen LogP contribution in [0.15, 0.2) is 30.6 Å². The molecule has 1 N–H and O–H groups in total. The predicted molar refractivity (Wildman–Crippen MR) is 99.9 cm³/mol. The number of rotatable bonds is 3. The van der Waals surface area contributed by atoms with Crippen molar-refractivity contribution >= 4 is 17.6 Å². The maximum absolute atomic E-state index is 12.7. The molecule has 2 aliphatic heterocycles. The Morgan fingerprint density at radius 2 is 2.00 bits per heavy atom. The van der Waals surface area contributed by atoms with Crippen molar-refractivity contribution in [1.82, 2.24) is 30.0 Å². The molecule has 0 spiro atoms. The summed E-state index contributed by atoms with van der Waals surface area (Å²) in [6, 6.07) is 7.09. The number of anilines is 1. The first-order valence-electron chi connectivity index (χ1n) is 9.46. The van der Waals surface area contributed by atoms with Crippen molar-refractivity contribution in [2.24, 2.45) is 5.92 Å². The molecule has 148 valence electrons. The largest absolute Gasteiger partial charge is 0.378 e. The summed E-state index contributed by atoms with van der Waals surface area (Å²) < 4.78 is 6.84. The number of carbonyl (C=O) groups excluding carboxylic acids is 2. The molecule has 0 saturated carbocycles. The number of hydrogen-bond acceptors (Lipinski definition) is 6. The third-order valence-electron chi connectivity index (χ3n) is 5.09. The molecule has 4 rings (SSSR count). The Morgan fingerprint density at radius 3 is 2.79 bits per heavy atom. The molecule has 28 heavy (non-hydrogen) atoms. The second-order valence-corrected chi connectivity index (χ2v) is 6.96. The van der Waals surface area contributed by atoms with Gasteiger partial charge in [0.05, 0.1) is 24.8 Å². The van der Waals surface area contributed by atoms with Gasteiger partial charge in [-0.05, 0) is 41.5 Å².